The quantitative estimate of drug-likeness (QED) is 0.486. The molecular formula is C25H22F6N4O. The van der Waals surface area contributed by atoms with Crippen molar-refractivity contribution in [1.29, 1.82) is 5.26 Å². The highest BCUT2D eigenvalue weighted by Crippen LogP contribution is 2.49. The molecule has 1 saturated heterocycles. The largest absolute Gasteiger partial charge is 0.433 e. The normalized spacial score (nSPS) is 23.6. The number of nitriles is 1. The number of aryl methyl sites for hydroxylation is 1. The van der Waals surface area contributed by atoms with Crippen LogP contribution in [0.2, 0.25) is 0 Å². The van der Waals surface area contributed by atoms with Crippen LogP contribution in [0, 0.1) is 24.2 Å². The Hall–Kier alpha value is -3.29. The van der Waals surface area contributed by atoms with E-state index < -0.39 is 47.1 Å². The van der Waals surface area contributed by atoms with Gasteiger partial charge >= 0.3 is 12.4 Å². The summed E-state index contributed by atoms with van der Waals surface area (Å²) in [6, 6.07) is 7.00. The SMILES string of the molecule is Cc1cccc(N(C(=O)[C@@H]2[C@H]3CC[C@H](C3)N2c2nc(C(F)(F)F)cc(C(F)(F)F)c2C#N)C2CC2)c1. The molecule has 1 aliphatic heterocycles. The Morgan fingerprint density at radius 3 is 2.39 bits per heavy atom. The van der Waals surface area contributed by atoms with E-state index in [1.54, 1.807) is 17.0 Å². The van der Waals surface area contributed by atoms with Gasteiger partial charge in [0.2, 0.25) is 5.91 Å². The minimum absolute atomic E-state index is 0.0871. The molecule has 36 heavy (non-hydrogen) atoms. The van der Waals surface area contributed by atoms with Gasteiger partial charge in [0.15, 0.2) is 0 Å². The topological polar surface area (TPSA) is 60.2 Å². The van der Waals surface area contributed by atoms with Crippen molar-refractivity contribution in [2.75, 3.05) is 9.80 Å². The van der Waals surface area contributed by atoms with Gasteiger partial charge in [-0.15, -0.1) is 0 Å². The number of pyridine rings is 1. The summed E-state index contributed by atoms with van der Waals surface area (Å²) in [4.78, 5) is 20.4. The number of carbonyl (C=O) groups is 1. The number of amides is 1. The maximum absolute atomic E-state index is 14.0. The molecule has 5 nitrogen and oxygen atoms in total. The number of piperidine rings is 1. The molecule has 11 heteroatoms. The molecule has 3 fully saturated rings. The second-order valence-electron chi connectivity index (χ2n) is 9.72. The summed E-state index contributed by atoms with van der Waals surface area (Å²) in [5, 5.41) is 9.63. The lowest BCUT2D eigenvalue weighted by molar-refractivity contribution is -0.145. The number of hydrogen-bond acceptors (Lipinski definition) is 4. The van der Waals surface area contributed by atoms with E-state index in [1.807, 2.05) is 19.1 Å². The Kier molecular flexibility index (Phi) is 5.69. The third-order valence-electron chi connectivity index (χ3n) is 7.22. The van der Waals surface area contributed by atoms with Crippen LogP contribution < -0.4 is 9.80 Å². The van der Waals surface area contributed by atoms with E-state index in [-0.39, 0.29) is 23.9 Å². The van der Waals surface area contributed by atoms with Crippen LogP contribution in [0.15, 0.2) is 30.3 Å². The van der Waals surface area contributed by atoms with Gasteiger partial charge in [0, 0.05) is 17.8 Å². The zero-order valence-corrected chi connectivity index (χ0v) is 19.2. The first-order valence-corrected chi connectivity index (χ1v) is 11.7. The van der Waals surface area contributed by atoms with Gasteiger partial charge in [0.1, 0.15) is 29.2 Å². The Balaban J connectivity index is 1.65. The van der Waals surface area contributed by atoms with Crippen molar-refractivity contribution in [3.05, 3.63) is 52.7 Å². The molecule has 2 aliphatic carbocycles. The number of rotatable bonds is 4. The molecular weight excluding hydrogens is 486 g/mol. The number of anilines is 2. The van der Waals surface area contributed by atoms with Crippen molar-refractivity contribution in [2.24, 2.45) is 5.92 Å². The van der Waals surface area contributed by atoms with Crippen LogP contribution >= 0.6 is 0 Å². The van der Waals surface area contributed by atoms with Gasteiger partial charge < -0.3 is 9.80 Å². The Labute approximate surface area is 203 Å². The lowest BCUT2D eigenvalue weighted by Crippen LogP contribution is -2.53. The van der Waals surface area contributed by atoms with Crippen LogP contribution in [-0.4, -0.2) is 29.0 Å². The molecule has 0 radical (unpaired) electrons. The van der Waals surface area contributed by atoms with Gasteiger partial charge in [-0.2, -0.15) is 31.6 Å². The summed E-state index contributed by atoms with van der Waals surface area (Å²) in [7, 11) is 0. The summed E-state index contributed by atoms with van der Waals surface area (Å²) in [6.07, 6.45) is -7.31. The molecule has 5 rings (SSSR count). The van der Waals surface area contributed by atoms with Crippen LogP contribution in [0.25, 0.3) is 0 Å². The van der Waals surface area contributed by atoms with Gasteiger partial charge in [-0.05, 0) is 68.7 Å². The van der Waals surface area contributed by atoms with Gasteiger partial charge in [-0.25, -0.2) is 4.98 Å². The van der Waals surface area contributed by atoms with Crippen molar-refractivity contribution in [1.82, 2.24) is 4.98 Å². The van der Waals surface area contributed by atoms with Gasteiger partial charge in [0.25, 0.3) is 0 Å². The molecule has 2 heterocycles. The van der Waals surface area contributed by atoms with Crippen molar-refractivity contribution in [3.8, 4) is 6.07 Å². The van der Waals surface area contributed by atoms with E-state index >= 15 is 0 Å². The number of alkyl halides is 6. The van der Waals surface area contributed by atoms with Crippen molar-refractivity contribution >= 4 is 17.4 Å². The fraction of sp³-hybridized carbons (Fsp3) is 0.480. The summed E-state index contributed by atoms with van der Waals surface area (Å²) in [5.74, 6) is -1.36. The predicted octanol–water partition coefficient (Wildman–Crippen LogP) is 5.85. The highest BCUT2D eigenvalue weighted by atomic mass is 19.4. The number of benzene rings is 1. The van der Waals surface area contributed by atoms with E-state index in [0.29, 0.717) is 24.9 Å². The first-order valence-electron chi connectivity index (χ1n) is 11.7. The third-order valence-corrected chi connectivity index (χ3v) is 7.22. The molecule has 1 aromatic heterocycles. The van der Waals surface area contributed by atoms with Gasteiger partial charge in [-0.3, -0.25) is 4.79 Å². The number of halogens is 6. The Bertz CT molecular complexity index is 1250. The second-order valence-corrected chi connectivity index (χ2v) is 9.72. The van der Waals surface area contributed by atoms with Crippen LogP contribution in [0.4, 0.5) is 37.8 Å². The predicted molar refractivity (Wildman–Crippen MR) is 118 cm³/mol. The Morgan fingerprint density at radius 1 is 1.08 bits per heavy atom. The fourth-order valence-electron chi connectivity index (χ4n) is 5.58. The molecule has 190 valence electrons. The minimum atomic E-state index is -5.21. The zero-order chi connectivity index (χ0) is 26.0. The molecule has 0 spiro atoms. The van der Waals surface area contributed by atoms with E-state index in [4.69, 9.17) is 0 Å². The third kappa shape index (κ3) is 4.16. The maximum atomic E-state index is 14.0. The van der Waals surface area contributed by atoms with E-state index in [0.717, 1.165) is 18.4 Å². The molecule has 3 aliphatic rings. The summed E-state index contributed by atoms with van der Waals surface area (Å²) in [6.45, 7) is 1.87. The van der Waals surface area contributed by atoms with E-state index in [2.05, 4.69) is 4.98 Å². The number of hydrogen-bond donors (Lipinski definition) is 0. The number of carbonyl (C=O) groups excluding carboxylic acids is 1. The molecule has 0 unspecified atom stereocenters. The van der Waals surface area contributed by atoms with Crippen LogP contribution in [-0.2, 0) is 17.1 Å². The van der Waals surface area contributed by atoms with Crippen LogP contribution in [0.1, 0.15) is 54.5 Å². The molecule has 0 N–H and O–H groups in total. The minimum Gasteiger partial charge on any atom is -0.340 e. The second kappa shape index (κ2) is 8.39. The number of aromatic nitrogens is 1. The van der Waals surface area contributed by atoms with Crippen LogP contribution in [0.5, 0.6) is 0 Å². The molecule has 1 aromatic carbocycles. The lowest BCUT2D eigenvalue weighted by Gasteiger charge is -2.39. The zero-order valence-electron chi connectivity index (χ0n) is 19.2. The van der Waals surface area contributed by atoms with E-state index in [1.165, 1.54) is 11.0 Å². The van der Waals surface area contributed by atoms with Crippen LogP contribution in [0.3, 0.4) is 0 Å². The van der Waals surface area contributed by atoms with Crippen molar-refractivity contribution < 1.29 is 31.1 Å². The standard InChI is InChI=1S/C25H22F6N4O/c1-13-3-2-4-16(9-13)34(15-7-8-15)23(36)21-14-5-6-17(10-14)35(21)22-18(12-32)19(24(26,27)28)11-20(33-22)25(29,30)31/h2-4,9,11,14-15,17,21H,5-8,10H2,1H3/t14-,17+,21-/m0/s1. The molecule has 3 atom stereocenters. The smallest absolute Gasteiger partial charge is 0.340 e. The van der Waals surface area contributed by atoms with Crippen molar-refractivity contribution in [3.63, 3.8) is 0 Å². The number of nitrogens with zero attached hydrogens (tertiary/aromatic N) is 4. The first-order chi connectivity index (χ1) is 16.9. The first kappa shape index (κ1) is 24.4. The average molecular weight is 508 g/mol. The monoisotopic (exact) mass is 508 g/mol. The molecule has 2 bridgehead atoms. The molecule has 2 saturated carbocycles. The summed E-state index contributed by atoms with van der Waals surface area (Å²) >= 11 is 0. The highest BCUT2D eigenvalue weighted by molar-refractivity contribution is 6.01. The average Bonchev–Trinajstić information content (AvgIpc) is 3.41. The van der Waals surface area contributed by atoms with Gasteiger partial charge in [0.05, 0.1) is 5.56 Å². The summed E-state index contributed by atoms with van der Waals surface area (Å²) in [5.41, 5.74) is -2.88. The number of fused-ring (bicyclic) bond motifs is 2. The van der Waals surface area contributed by atoms with Crippen molar-refractivity contribution in [2.45, 2.75) is 69.5 Å². The summed E-state index contributed by atoms with van der Waals surface area (Å²) < 4.78 is 82.1. The van der Waals surface area contributed by atoms with E-state index in [9.17, 15) is 36.4 Å². The Morgan fingerprint density at radius 2 is 1.81 bits per heavy atom. The molecule has 2 aromatic rings. The maximum Gasteiger partial charge on any atom is 0.433 e. The molecule has 1 amide bonds. The fourth-order valence-corrected chi connectivity index (χ4v) is 5.58. The lowest BCUT2D eigenvalue weighted by atomic mass is 9.95. The van der Waals surface area contributed by atoms with Gasteiger partial charge in [-0.1, -0.05) is 12.1 Å². The highest BCUT2D eigenvalue weighted by Gasteiger charge is 2.54.